The van der Waals surface area contributed by atoms with Crippen LogP contribution in [0.3, 0.4) is 0 Å². The maximum absolute atomic E-state index is 11.5. The van der Waals surface area contributed by atoms with Crippen molar-refractivity contribution in [2.24, 2.45) is 0 Å². The van der Waals surface area contributed by atoms with Gasteiger partial charge in [0, 0.05) is 12.2 Å². The minimum atomic E-state index is -0.671. The SMILES string of the molecule is C=CCNC(=O)C(=O)Nc1ccc(C)c(C)c1. The van der Waals surface area contributed by atoms with Crippen molar-refractivity contribution in [3.63, 3.8) is 0 Å². The number of aryl methyl sites for hydroxylation is 2. The largest absolute Gasteiger partial charge is 0.344 e. The van der Waals surface area contributed by atoms with Gasteiger partial charge in [-0.1, -0.05) is 12.1 Å². The smallest absolute Gasteiger partial charge is 0.313 e. The fraction of sp³-hybridized carbons (Fsp3) is 0.231. The number of hydrogen-bond donors (Lipinski definition) is 2. The highest BCUT2D eigenvalue weighted by atomic mass is 16.2. The second-order valence-corrected chi connectivity index (χ2v) is 3.75. The zero-order valence-electron chi connectivity index (χ0n) is 10.0. The summed E-state index contributed by atoms with van der Waals surface area (Å²) in [5.74, 6) is -1.33. The fourth-order valence-electron chi connectivity index (χ4n) is 1.25. The van der Waals surface area contributed by atoms with Crippen LogP contribution in [-0.4, -0.2) is 18.4 Å². The van der Waals surface area contributed by atoms with Gasteiger partial charge in [-0.15, -0.1) is 6.58 Å². The monoisotopic (exact) mass is 232 g/mol. The topological polar surface area (TPSA) is 58.2 Å². The summed E-state index contributed by atoms with van der Waals surface area (Å²) in [6, 6.07) is 5.49. The highest BCUT2D eigenvalue weighted by Crippen LogP contribution is 2.13. The number of nitrogens with one attached hydrogen (secondary N) is 2. The third-order valence-corrected chi connectivity index (χ3v) is 2.38. The van der Waals surface area contributed by atoms with Crippen LogP contribution in [0.1, 0.15) is 11.1 Å². The quantitative estimate of drug-likeness (QED) is 0.613. The molecule has 0 heterocycles. The molecule has 0 aromatic heterocycles. The van der Waals surface area contributed by atoms with E-state index in [4.69, 9.17) is 0 Å². The molecule has 1 rings (SSSR count). The molecule has 2 N–H and O–H groups in total. The summed E-state index contributed by atoms with van der Waals surface area (Å²) in [7, 11) is 0. The van der Waals surface area contributed by atoms with Gasteiger partial charge in [-0.2, -0.15) is 0 Å². The van der Waals surface area contributed by atoms with E-state index < -0.39 is 11.8 Å². The number of hydrogen-bond acceptors (Lipinski definition) is 2. The van der Waals surface area contributed by atoms with Gasteiger partial charge in [0.05, 0.1) is 0 Å². The average molecular weight is 232 g/mol. The molecule has 0 spiro atoms. The van der Waals surface area contributed by atoms with Crippen molar-refractivity contribution < 1.29 is 9.59 Å². The first-order valence-electron chi connectivity index (χ1n) is 5.32. The molecule has 0 aliphatic carbocycles. The van der Waals surface area contributed by atoms with Crippen LogP contribution in [0.15, 0.2) is 30.9 Å². The van der Waals surface area contributed by atoms with Crippen molar-refractivity contribution >= 4 is 17.5 Å². The highest BCUT2D eigenvalue weighted by Gasteiger charge is 2.12. The van der Waals surface area contributed by atoms with E-state index >= 15 is 0 Å². The van der Waals surface area contributed by atoms with Gasteiger partial charge in [0.2, 0.25) is 0 Å². The van der Waals surface area contributed by atoms with Crippen LogP contribution in [0.25, 0.3) is 0 Å². The number of benzene rings is 1. The first-order chi connectivity index (χ1) is 8.04. The van der Waals surface area contributed by atoms with Gasteiger partial charge in [-0.3, -0.25) is 9.59 Å². The molecule has 0 unspecified atom stereocenters. The van der Waals surface area contributed by atoms with E-state index in [1.165, 1.54) is 6.08 Å². The minimum Gasteiger partial charge on any atom is -0.344 e. The van der Waals surface area contributed by atoms with Crippen LogP contribution in [0.5, 0.6) is 0 Å². The molecular weight excluding hydrogens is 216 g/mol. The molecule has 4 nitrogen and oxygen atoms in total. The Labute approximate surface area is 101 Å². The van der Waals surface area contributed by atoms with E-state index in [2.05, 4.69) is 17.2 Å². The maximum Gasteiger partial charge on any atom is 0.313 e. The number of rotatable bonds is 3. The lowest BCUT2D eigenvalue weighted by atomic mass is 10.1. The second-order valence-electron chi connectivity index (χ2n) is 3.75. The lowest BCUT2D eigenvalue weighted by molar-refractivity contribution is -0.136. The zero-order chi connectivity index (χ0) is 12.8. The molecule has 0 bridgehead atoms. The van der Waals surface area contributed by atoms with E-state index in [1.54, 1.807) is 6.07 Å². The minimum absolute atomic E-state index is 0.277. The molecule has 0 saturated heterocycles. The van der Waals surface area contributed by atoms with Gasteiger partial charge >= 0.3 is 11.8 Å². The maximum atomic E-state index is 11.5. The number of anilines is 1. The van der Waals surface area contributed by atoms with Crippen LogP contribution in [0, 0.1) is 13.8 Å². The van der Waals surface area contributed by atoms with Crippen molar-refractivity contribution in [3.8, 4) is 0 Å². The Morgan fingerprint density at radius 1 is 1.24 bits per heavy atom. The lowest BCUT2D eigenvalue weighted by Crippen LogP contribution is -2.35. The van der Waals surface area contributed by atoms with Gasteiger partial charge in [0.1, 0.15) is 0 Å². The normalized spacial score (nSPS) is 9.53. The Hall–Kier alpha value is -2.10. The summed E-state index contributed by atoms with van der Waals surface area (Å²) in [6.07, 6.45) is 1.52. The van der Waals surface area contributed by atoms with Gasteiger partial charge in [-0.25, -0.2) is 0 Å². The van der Waals surface area contributed by atoms with Gasteiger partial charge in [-0.05, 0) is 37.1 Å². The van der Waals surface area contributed by atoms with Crippen LogP contribution < -0.4 is 10.6 Å². The second kappa shape index (κ2) is 5.84. The predicted molar refractivity (Wildman–Crippen MR) is 67.8 cm³/mol. The van der Waals surface area contributed by atoms with E-state index in [1.807, 2.05) is 26.0 Å². The van der Waals surface area contributed by atoms with Crippen molar-refractivity contribution in [2.75, 3.05) is 11.9 Å². The number of amides is 2. The van der Waals surface area contributed by atoms with Crippen molar-refractivity contribution in [1.82, 2.24) is 5.32 Å². The molecule has 90 valence electrons. The average Bonchev–Trinajstić information content (AvgIpc) is 2.30. The standard InChI is InChI=1S/C13H16N2O2/c1-4-7-14-12(16)13(17)15-11-6-5-9(2)10(3)8-11/h4-6,8H,1,7H2,2-3H3,(H,14,16)(H,15,17). The number of carbonyl (C=O) groups excluding carboxylic acids is 2. The molecule has 1 aromatic rings. The van der Waals surface area contributed by atoms with Gasteiger partial charge in [0.25, 0.3) is 0 Å². The summed E-state index contributed by atoms with van der Waals surface area (Å²) >= 11 is 0. The van der Waals surface area contributed by atoms with E-state index in [-0.39, 0.29) is 6.54 Å². The highest BCUT2D eigenvalue weighted by molar-refractivity contribution is 6.39. The molecule has 2 amide bonds. The van der Waals surface area contributed by atoms with E-state index in [0.29, 0.717) is 5.69 Å². The van der Waals surface area contributed by atoms with Crippen LogP contribution in [0.4, 0.5) is 5.69 Å². The number of carbonyl (C=O) groups is 2. The molecule has 0 saturated carbocycles. The summed E-state index contributed by atoms with van der Waals surface area (Å²) in [6.45, 7) is 7.66. The lowest BCUT2D eigenvalue weighted by Gasteiger charge is -2.07. The van der Waals surface area contributed by atoms with Gasteiger partial charge in [0.15, 0.2) is 0 Å². The molecule has 0 aliphatic heterocycles. The molecule has 0 fully saturated rings. The Kier molecular flexibility index (Phi) is 4.46. The Morgan fingerprint density at radius 2 is 1.94 bits per heavy atom. The van der Waals surface area contributed by atoms with Crippen LogP contribution in [0.2, 0.25) is 0 Å². The van der Waals surface area contributed by atoms with Crippen LogP contribution >= 0.6 is 0 Å². The van der Waals surface area contributed by atoms with Crippen molar-refractivity contribution in [3.05, 3.63) is 42.0 Å². The first kappa shape index (κ1) is 13.0. The molecule has 0 radical (unpaired) electrons. The molecule has 4 heteroatoms. The third kappa shape index (κ3) is 3.75. The molecule has 1 aromatic carbocycles. The van der Waals surface area contributed by atoms with Crippen molar-refractivity contribution in [2.45, 2.75) is 13.8 Å². The summed E-state index contributed by atoms with van der Waals surface area (Å²) in [5, 5.41) is 4.94. The fourth-order valence-corrected chi connectivity index (χ4v) is 1.25. The van der Waals surface area contributed by atoms with E-state index in [9.17, 15) is 9.59 Å². The summed E-state index contributed by atoms with van der Waals surface area (Å²) in [4.78, 5) is 22.7. The Balaban J connectivity index is 2.64. The van der Waals surface area contributed by atoms with Crippen LogP contribution in [-0.2, 0) is 9.59 Å². The van der Waals surface area contributed by atoms with Crippen molar-refractivity contribution in [1.29, 1.82) is 0 Å². The molecule has 0 atom stereocenters. The third-order valence-electron chi connectivity index (χ3n) is 2.38. The van der Waals surface area contributed by atoms with E-state index in [0.717, 1.165) is 11.1 Å². The molecule has 0 aliphatic rings. The molecule has 17 heavy (non-hydrogen) atoms. The zero-order valence-corrected chi connectivity index (χ0v) is 10.0. The summed E-state index contributed by atoms with van der Waals surface area (Å²) in [5.41, 5.74) is 2.82. The molecular formula is C13H16N2O2. The Bertz CT molecular complexity index is 453. The predicted octanol–water partition coefficient (Wildman–Crippen LogP) is 1.54. The van der Waals surface area contributed by atoms with Gasteiger partial charge < -0.3 is 10.6 Å². The first-order valence-corrected chi connectivity index (χ1v) is 5.32. The summed E-state index contributed by atoms with van der Waals surface area (Å²) < 4.78 is 0. The Morgan fingerprint density at radius 3 is 2.53 bits per heavy atom.